The third kappa shape index (κ3) is 5.34. The van der Waals surface area contributed by atoms with Crippen LogP contribution in [0.25, 0.3) is 0 Å². The number of aromatic nitrogens is 2. The van der Waals surface area contributed by atoms with Gasteiger partial charge in [-0.25, -0.2) is 18.7 Å². The molecular weight excluding hydrogens is 397 g/mol. The van der Waals surface area contributed by atoms with Gasteiger partial charge in [0.05, 0.1) is 21.7 Å². The highest BCUT2D eigenvalue weighted by molar-refractivity contribution is 6.43. The molecule has 1 heterocycles. The van der Waals surface area contributed by atoms with E-state index in [1.54, 1.807) is 18.2 Å². The second kappa shape index (κ2) is 9.92. The van der Waals surface area contributed by atoms with Crippen molar-refractivity contribution in [2.24, 2.45) is 0 Å². The van der Waals surface area contributed by atoms with Gasteiger partial charge in [-0.05, 0) is 25.2 Å². The second-order valence-corrected chi connectivity index (χ2v) is 6.51. The molecule has 0 fully saturated rings. The Morgan fingerprint density at radius 3 is 2.37 bits per heavy atom. The van der Waals surface area contributed by atoms with Crippen LogP contribution in [0.1, 0.15) is 48.1 Å². The molecule has 0 saturated heterocycles. The number of nitrogens with zero attached hydrogens (tertiary/aromatic N) is 3. The number of likely N-dealkylation sites (N-methyl/N-ethyl adjacent to an activating group) is 1. The van der Waals surface area contributed by atoms with Crippen molar-refractivity contribution in [1.82, 2.24) is 20.2 Å². The van der Waals surface area contributed by atoms with Crippen LogP contribution in [-0.2, 0) is 0 Å². The largest absolute Gasteiger partial charge is 0.350 e. The summed E-state index contributed by atoms with van der Waals surface area (Å²) >= 11 is 12.0. The van der Waals surface area contributed by atoms with Crippen LogP contribution >= 0.6 is 23.2 Å². The van der Waals surface area contributed by atoms with Crippen LogP contribution in [0.2, 0.25) is 10.0 Å². The Morgan fingerprint density at radius 2 is 1.81 bits per heavy atom. The first-order chi connectivity index (χ1) is 12.9. The van der Waals surface area contributed by atoms with E-state index in [1.807, 2.05) is 13.8 Å². The molecular formula is C18H20Cl2F2N4O. The van der Waals surface area contributed by atoms with Crippen molar-refractivity contribution in [1.29, 1.82) is 0 Å². The third-order valence-electron chi connectivity index (χ3n) is 4.18. The summed E-state index contributed by atoms with van der Waals surface area (Å²) in [6.07, 6.45) is 0.0158. The zero-order valence-electron chi connectivity index (χ0n) is 14.9. The molecule has 0 radical (unpaired) electrons. The van der Waals surface area contributed by atoms with Gasteiger partial charge < -0.3 is 5.32 Å². The standard InChI is InChI=1S/C18H20Cl2F2N4O/c1-3-26(4-2)14(11-8-23-17(16(21)22)24-9-11)10-25-18(27)12-6-5-7-13(19)15(12)20/h5-9,14,16H,3-4,10H2,1-2H3,(H,25,27). The number of amides is 1. The zero-order valence-corrected chi connectivity index (χ0v) is 16.4. The summed E-state index contributed by atoms with van der Waals surface area (Å²) in [4.78, 5) is 22.0. The Labute approximate surface area is 166 Å². The van der Waals surface area contributed by atoms with Crippen LogP contribution in [0, 0.1) is 0 Å². The van der Waals surface area contributed by atoms with Crippen molar-refractivity contribution in [3.05, 3.63) is 57.6 Å². The minimum absolute atomic E-state index is 0.181. The fraction of sp³-hybridized carbons (Fsp3) is 0.389. The Bertz CT molecular complexity index is 770. The molecule has 0 spiro atoms. The van der Waals surface area contributed by atoms with Crippen LogP contribution in [0.4, 0.5) is 8.78 Å². The summed E-state index contributed by atoms with van der Waals surface area (Å²) < 4.78 is 25.4. The Hall–Kier alpha value is -1.83. The van der Waals surface area contributed by atoms with Gasteiger partial charge in [0.2, 0.25) is 0 Å². The number of nitrogens with one attached hydrogen (secondary N) is 1. The molecule has 5 nitrogen and oxygen atoms in total. The monoisotopic (exact) mass is 416 g/mol. The van der Waals surface area contributed by atoms with E-state index in [1.165, 1.54) is 12.4 Å². The number of hydrogen-bond acceptors (Lipinski definition) is 4. The van der Waals surface area contributed by atoms with Crippen LogP contribution in [0.5, 0.6) is 0 Å². The van der Waals surface area contributed by atoms with E-state index in [2.05, 4.69) is 20.2 Å². The molecule has 1 aromatic carbocycles. The SMILES string of the molecule is CCN(CC)C(CNC(=O)c1cccc(Cl)c1Cl)c1cnc(C(F)F)nc1. The minimum atomic E-state index is -2.73. The summed E-state index contributed by atoms with van der Waals surface area (Å²) in [5.41, 5.74) is 0.910. The fourth-order valence-electron chi connectivity index (χ4n) is 2.72. The lowest BCUT2D eigenvalue weighted by Gasteiger charge is -2.30. The summed E-state index contributed by atoms with van der Waals surface area (Å²) in [6, 6.07) is 4.55. The van der Waals surface area contributed by atoms with Crippen LogP contribution < -0.4 is 5.32 Å². The first kappa shape index (κ1) is 21.5. The van der Waals surface area contributed by atoms with Gasteiger partial charge >= 0.3 is 0 Å². The van der Waals surface area contributed by atoms with Gasteiger partial charge in [-0.15, -0.1) is 0 Å². The minimum Gasteiger partial charge on any atom is -0.350 e. The average molecular weight is 417 g/mol. The molecule has 2 aromatic rings. The topological polar surface area (TPSA) is 58.1 Å². The molecule has 1 atom stereocenters. The molecule has 0 aliphatic rings. The number of carbonyl (C=O) groups is 1. The van der Waals surface area contributed by atoms with Crippen molar-refractivity contribution >= 4 is 29.1 Å². The van der Waals surface area contributed by atoms with Crippen molar-refractivity contribution in [3.8, 4) is 0 Å². The maximum Gasteiger partial charge on any atom is 0.297 e. The van der Waals surface area contributed by atoms with Gasteiger partial charge in [-0.1, -0.05) is 43.1 Å². The zero-order chi connectivity index (χ0) is 20.0. The summed E-state index contributed by atoms with van der Waals surface area (Å²) in [6.45, 7) is 5.58. The van der Waals surface area contributed by atoms with Gasteiger partial charge in [0.1, 0.15) is 0 Å². The van der Waals surface area contributed by atoms with Crippen LogP contribution in [0.3, 0.4) is 0 Å². The van der Waals surface area contributed by atoms with E-state index < -0.39 is 12.2 Å². The number of hydrogen-bond donors (Lipinski definition) is 1. The lowest BCUT2D eigenvalue weighted by atomic mass is 10.1. The summed E-state index contributed by atoms with van der Waals surface area (Å²) in [7, 11) is 0. The highest BCUT2D eigenvalue weighted by atomic mass is 35.5. The molecule has 1 unspecified atom stereocenters. The smallest absolute Gasteiger partial charge is 0.297 e. The molecule has 9 heteroatoms. The fourth-order valence-corrected chi connectivity index (χ4v) is 3.11. The average Bonchev–Trinajstić information content (AvgIpc) is 2.67. The number of halogens is 4. The van der Waals surface area contributed by atoms with Gasteiger partial charge in [-0.2, -0.15) is 0 Å². The molecule has 0 aliphatic heterocycles. The molecule has 2 rings (SSSR count). The van der Waals surface area contributed by atoms with E-state index in [0.29, 0.717) is 23.7 Å². The first-order valence-corrected chi connectivity index (χ1v) is 9.20. The number of carbonyl (C=O) groups excluding carboxylic acids is 1. The van der Waals surface area contributed by atoms with Gasteiger partial charge in [0.15, 0.2) is 5.82 Å². The Balaban J connectivity index is 2.20. The summed E-state index contributed by atoms with van der Waals surface area (Å²) in [5.74, 6) is -0.892. The number of rotatable bonds is 8. The quantitative estimate of drug-likeness (QED) is 0.686. The molecule has 0 aliphatic carbocycles. The molecule has 1 N–H and O–H groups in total. The van der Waals surface area contributed by atoms with E-state index in [-0.39, 0.29) is 29.1 Å². The van der Waals surface area contributed by atoms with Crippen molar-refractivity contribution in [2.75, 3.05) is 19.6 Å². The van der Waals surface area contributed by atoms with Crippen molar-refractivity contribution < 1.29 is 13.6 Å². The van der Waals surface area contributed by atoms with Crippen LogP contribution in [-0.4, -0.2) is 40.4 Å². The third-order valence-corrected chi connectivity index (χ3v) is 5.00. The van der Waals surface area contributed by atoms with E-state index >= 15 is 0 Å². The highest BCUT2D eigenvalue weighted by Crippen LogP contribution is 2.26. The molecule has 27 heavy (non-hydrogen) atoms. The van der Waals surface area contributed by atoms with Crippen molar-refractivity contribution in [3.63, 3.8) is 0 Å². The molecule has 1 aromatic heterocycles. The van der Waals surface area contributed by atoms with E-state index in [0.717, 1.165) is 0 Å². The van der Waals surface area contributed by atoms with Crippen LogP contribution in [0.15, 0.2) is 30.6 Å². The first-order valence-electron chi connectivity index (χ1n) is 8.45. The Morgan fingerprint density at radius 1 is 1.19 bits per heavy atom. The molecule has 146 valence electrons. The predicted molar refractivity (Wildman–Crippen MR) is 101 cm³/mol. The number of benzene rings is 1. The summed E-state index contributed by atoms with van der Waals surface area (Å²) in [5, 5.41) is 3.30. The lowest BCUT2D eigenvalue weighted by molar-refractivity contribution is 0.0935. The maximum atomic E-state index is 12.7. The van der Waals surface area contributed by atoms with Gasteiger partial charge in [0.25, 0.3) is 12.3 Å². The number of alkyl halides is 2. The van der Waals surface area contributed by atoms with Gasteiger partial charge in [-0.3, -0.25) is 9.69 Å². The van der Waals surface area contributed by atoms with Gasteiger partial charge in [0, 0.05) is 24.5 Å². The molecule has 0 saturated carbocycles. The van der Waals surface area contributed by atoms with E-state index in [9.17, 15) is 13.6 Å². The molecule has 1 amide bonds. The van der Waals surface area contributed by atoms with E-state index in [4.69, 9.17) is 23.2 Å². The predicted octanol–water partition coefficient (Wildman–Crippen LogP) is 4.53. The second-order valence-electron chi connectivity index (χ2n) is 5.72. The Kier molecular flexibility index (Phi) is 7.89. The highest BCUT2D eigenvalue weighted by Gasteiger charge is 2.22. The molecule has 0 bridgehead atoms. The van der Waals surface area contributed by atoms with Crippen molar-refractivity contribution in [2.45, 2.75) is 26.3 Å². The maximum absolute atomic E-state index is 12.7. The normalized spacial score (nSPS) is 12.4. The lowest BCUT2D eigenvalue weighted by Crippen LogP contribution is -2.38.